The summed E-state index contributed by atoms with van der Waals surface area (Å²) in [6.45, 7) is 0. The number of carbonyl (C=O) groups is 1. The van der Waals surface area contributed by atoms with Gasteiger partial charge in [-0.3, -0.25) is 4.79 Å². The number of rotatable bonds is 2. The van der Waals surface area contributed by atoms with Gasteiger partial charge in [-0.2, -0.15) is 0 Å². The number of nitrogens with one attached hydrogen (secondary N) is 1. The SMILES string of the molecule is Nc1ncc2ccc(-c3csc(C=C4SC(=S)NC4=O)c3)cc2n1. The Hall–Kier alpha value is -2.29. The lowest BCUT2D eigenvalue weighted by Gasteiger charge is -2.01. The molecule has 8 heteroatoms. The van der Waals surface area contributed by atoms with E-state index in [4.69, 9.17) is 18.0 Å². The Labute approximate surface area is 151 Å². The number of fused-ring (bicyclic) bond motifs is 1. The van der Waals surface area contributed by atoms with Crippen LogP contribution in [-0.2, 0) is 4.79 Å². The summed E-state index contributed by atoms with van der Waals surface area (Å²) in [5, 5.41) is 5.61. The van der Waals surface area contributed by atoms with Crippen molar-refractivity contribution in [3.05, 3.63) is 45.6 Å². The van der Waals surface area contributed by atoms with Crippen LogP contribution in [0.5, 0.6) is 0 Å². The fourth-order valence-corrected chi connectivity index (χ4v) is 4.31. The molecule has 0 saturated carbocycles. The largest absolute Gasteiger partial charge is 0.368 e. The first-order valence-corrected chi connectivity index (χ1v) is 9.05. The van der Waals surface area contributed by atoms with Crippen molar-refractivity contribution in [1.82, 2.24) is 15.3 Å². The zero-order valence-corrected chi connectivity index (χ0v) is 14.6. The molecule has 1 aromatic carbocycles. The summed E-state index contributed by atoms with van der Waals surface area (Å²) in [4.78, 5) is 21.6. The maximum absolute atomic E-state index is 11.7. The standard InChI is InChI=1S/C16H10N4OS3/c17-15-18-6-9-2-1-8(4-12(9)19-15)10-3-11(23-7-10)5-13-14(21)20-16(22)24-13/h1-7H,(H2,17,18,19)(H,20,21,22). The van der Waals surface area contributed by atoms with E-state index in [-0.39, 0.29) is 11.9 Å². The van der Waals surface area contributed by atoms with Gasteiger partial charge in [0.25, 0.3) is 5.91 Å². The second kappa shape index (κ2) is 5.97. The third-order valence-electron chi connectivity index (χ3n) is 3.47. The van der Waals surface area contributed by atoms with Crippen LogP contribution in [0.3, 0.4) is 0 Å². The molecule has 1 fully saturated rings. The smallest absolute Gasteiger partial charge is 0.263 e. The zero-order chi connectivity index (χ0) is 16.7. The van der Waals surface area contributed by atoms with Crippen LogP contribution in [-0.4, -0.2) is 20.2 Å². The predicted molar refractivity (Wildman–Crippen MR) is 104 cm³/mol. The first kappa shape index (κ1) is 15.3. The van der Waals surface area contributed by atoms with E-state index in [1.165, 1.54) is 11.8 Å². The second-order valence-electron chi connectivity index (χ2n) is 5.09. The van der Waals surface area contributed by atoms with Crippen molar-refractivity contribution in [2.24, 2.45) is 0 Å². The predicted octanol–water partition coefficient (Wildman–Crippen LogP) is 3.43. The monoisotopic (exact) mass is 370 g/mol. The van der Waals surface area contributed by atoms with Gasteiger partial charge in [-0.1, -0.05) is 36.1 Å². The number of nitrogens with zero attached hydrogens (tertiary/aromatic N) is 2. The molecule has 0 radical (unpaired) electrons. The number of nitrogens with two attached hydrogens (primary N) is 1. The van der Waals surface area contributed by atoms with Crippen LogP contribution >= 0.6 is 35.3 Å². The maximum atomic E-state index is 11.7. The molecule has 2 aromatic heterocycles. The number of thiophene rings is 1. The third kappa shape index (κ3) is 2.91. The molecule has 0 aliphatic carbocycles. The number of hydrogen-bond donors (Lipinski definition) is 2. The molecular weight excluding hydrogens is 360 g/mol. The molecule has 118 valence electrons. The van der Waals surface area contributed by atoms with E-state index in [1.54, 1.807) is 17.5 Å². The number of carbonyl (C=O) groups excluding carboxylic acids is 1. The van der Waals surface area contributed by atoms with Gasteiger partial charge >= 0.3 is 0 Å². The number of hydrogen-bond acceptors (Lipinski definition) is 7. The van der Waals surface area contributed by atoms with Crippen molar-refractivity contribution >= 4 is 68.5 Å². The Balaban J connectivity index is 1.69. The average Bonchev–Trinajstić information content (AvgIpc) is 3.13. The van der Waals surface area contributed by atoms with Gasteiger partial charge in [0.05, 0.1) is 10.4 Å². The van der Waals surface area contributed by atoms with E-state index in [0.717, 1.165) is 26.9 Å². The van der Waals surface area contributed by atoms with Crippen molar-refractivity contribution in [3.63, 3.8) is 0 Å². The highest BCUT2D eigenvalue weighted by Crippen LogP contribution is 2.32. The lowest BCUT2D eigenvalue weighted by molar-refractivity contribution is -0.115. The van der Waals surface area contributed by atoms with E-state index >= 15 is 0 Å². The van der Waals surface area contributed by atoms with Gasteiger partial charge in [0.1, 0.15) is 4.32 Å². The zero-order valence-electron chi connectivity index (χ0n) is 12.1. The number of thioether (sulfide) groups is 1. The van der Waals surface area contributed by atoms with E-state index in [0.29, 0.717) is 9.23 Å². The first-order valence-electron chi connectivity index (χ1n) is 6.94. The Morgan fingerprint density at radius 2 is 2.12 bits per heavy atom. The summed E-state index contributed by atoms with van der Waals surface area (Å²) >= 11 is 7.86. The highest BCUT2D eigenvalue weighted by atomic mass is 32.2. The molecule has 24 heavy (non-hydrogen) atoms. The second-order valence-corrected chi connectivity index (χ2v) is 7.75. The molecule has 1 aliphatic heterocycles. The molecule has 1 saturated heterocycles. The number of thiocarbonyl (C=S) groups is 1. The van der Waals surface area contributed by atoms with Crippen LogP contribution in [0.2, 0.25) is 0 Å². The Kier molecular flexibility index (Phi) is 3.79. The van der Waals surface area contributed by atoms with Gasteiger partial charge in [-0.25, -0.2) is 9.97 Å². The fourth-order valence-electron chi connectivity index (χ4n) is 2.35. The van der Waals surface area contributed by atoms with Gasteiger partial charge in [0.2, 0.25) is 5.95 Å². The molecular formula is C16H10N4OS3. The summed E-state index contributed by atoms with van der Waals surface area (Å²) < 4.78 is 0.495. The number of aromatic nitrogens is 2. The van der Waals surface area contributed by atoms with Crippen LogP contribution in [0.4, 0.5) is 5.95 Å². The Morgan fingerprint density at radius 3 is 2.92 bits per heavy atom. The molecule has 0 unspecified atom stereocenters. The molecule has 1 aliphatic rings. The normalized spacial score (nSPS) is 16.1. The summed E-state index contributed by atoms with van der Waals surface area (Å²) in [7, 11) is 0. The van der Waals surface area contributed by atoms with E-state index in [1.807, 2.05) is 35.7 Å². The van der Waals surface area contributed by atoms with Gasteiger partial charge in [0.15, 0.2) is 0 Å². The minimum absolute atomic E-state index is 0.141. The highest BCUT2D eigenvalue weighted by molar-refractivity contribution is 8.26. The van der Waals surface area contributed by atoms with Crippen molar-refractivity contribution in [3.8, 4) is 11.1 Å². The van der Waals surface area contributed by atoms with Crippen LogP contribution in [0, 0.1) is 0 Å². The Morgan fingerprint density at radius 1 is 1.25 bits per heavy atom. The van der Waals surface area contributed by atoms with Gasteiger partial charge in [-0.15, -0.1) is 11.3 Å². The fraction of sp³-hybridized carbons (Fsp3) is 0. The van der Waals surface area contributed by atoms with Crippen LogP contribution in [0.1, 0.15) is 4.88 Å². The lowest BCUT2D eigenvalue weighted by Crippen LogP contribution is -2.17. The summed E-state index contributed by atoms with van der Waals surface area (Å²) in [5.74, 6) is 0.119. The molecule has 3 N–H and O–H groups in total. The van der Waals surface area contributed by atoms with Crippen LogP contribution in [0.15, 0.2) is 40.7 Å². The van der Waals surface area contributed by atoms with Crippen LogP contribution < -0.4 is 11.1 Å². The minimum Gasteiger partial charge on any atom is -0.368 e. The number of nitrogen functional groups attached to an aromatic ring is 1. The van der Waals surface area contributed by atoms with Gasteiger partial charge in [-0.05, 0) is 34.7 Å². The van der Waals surface area contributed by atoms with Gasteiger partial charge < -0.3 is 11.1 Å². The molecule has 3 aromatic rings. The van der Waals surface area contributed by atoms with Crippen molar-refractivity contribution in [1.29, 1.82) is 0 Å². The molecule has 0 bridgehead atoms. The van der Waals surface area contributed by atoms with E-state index in [9.17, 15) is 4.79 Å². The van der Waals surface area contributed by atoms with Crippen molar-refractivity contribution in [2.45, 2.75) is 0 Å². The number of amides is 1. The number of anilines is 1. The van der Waals surface area contributed by atoms with E-state index in [2.05, 4.69) is 15.3 Å². The summed E-state index contributed by atoms with van der Waals surface area (Å²) in [6, 6.07) is 8.02. The van der Waals surface area contributed by atoms with Crippen LogP contribution in [0.25, 0.3) is 28.1 Å². The Bertz CT molecular complexity index is 1030. The average molecular weight is 370 g/mol. The van der Waals surface area contributed by atoms with E-state index < -0.39 is 0 Å². The molecule has 3 heterocycles. The quantitative estimate of drug-likeness (QED) is 0.531. The summed E-state index contributed by atoms with van der Waals surface area (Å²) in [6.07, 6.45) is 3.57. The van der Waals surface area contributed by atoms with Crippen molar-refractivity contribution in [2.75, 3.05) is 5.73 Å². The molecule has 4 rings (SSSR count). The molecule has 0 atom stereocenters. The van der Waals surface area contributed by atoms with Crippen molar-refractivity contribution < 1.29 is 4.79 Å². The summed E-state index contributed by atoms with van der Waals surface area (Å²) in [5.41, 5.74) is 8.57. The minimum atomic E-state index is -0.141. The lowest BCUT2D eigenvalue weighted by atomic mass is 10.1. The maximum Gasteiger partial charge on any atom is 0.263 e. The molecule has 0 spiro atoms. The third-order valence-corrected chi connectivity index (χ3v) is 5.51. The topological polar surface area (TPSA) is 80.9 Å². The molecule has 1 amide bonds. The highest BCUT2D eigenvalue weighted by Gasteiger charge is 2.22. The van der Waals surface area contributed by atoms with Gasteiger partial charge in [0, 0.05) is 16.5 Å². The molecule has 5 nitrogen and oxygen atoms in total. The first-order chi connectivity index (χ1) is 11.6. The number of benzene rings is 1.